The second-order valence-corrected chi connectivity index (χ2v) is 10.6. The van der Waals surface area contributed by atoms with Gasteiger partial charge in [-0.2, -0.15) is 9.97 Å². The van der Waals surface area contributed by atoms with Crippen molar-refractivity contribution in [2.45, 2.75) is 121 Å². The molecule has 218 valence electrons. The number of aliphatic hydroxyl groups excluding tert-OH is 1. The minimum atomic E-state index is -1.79. The van der Waals surface area contributed by atoms with E-state index in [4.69, 9.17) is 26.8 Å². The van der Waals surface area contributed by atoms with E-state index in [-0.39, 0.29) is 35.3 Å². The van der Waals surface area contributed by atoms with Gasteiger partial charge in [-0.25, -0.2) is 9.37 Å². The average molecular weight is 568 g/mol. The fourth-order valence-electron chi connectivity index (χ4n) is 4.75. The van der Waals surface area contributed by atoms with Crippen molar-refractivity contribution in [3.63, 3.8) is 0 Å². The number of carbonyl (C=O) groups excluding carboxylic acids is 1. The molecule has 9 nitrogen and oxygen atoms in total. The molecular weight excluding hydrogens is 525 g/mol. The lowest BCUT2D eigenvalue weighted by atomic mass is 10.1. The standard InChI is InChI=1S/C28H43ClFN5O4/c1-2-3-4-5-6-7-8-9-10-11-12-13-14-15-16-17-21(36)38-18-20-24(37)22(30)27(39-20)35-19-32-23-25(31)33-28(29)34-26(23)35/h12-13,19-20,22,24,27,37H,2-11,14-18H2,1H3,(H2,31,33,34)/b13-12-/t20-,22+,24-,27-/m1/s1. The van der Waals surface area contributed by atoms with Crippen molar-refractivity contribution in [3.8, 4) is 0 Å². The molecule has 1 aliphatic rings. The molecule has 0 saturated carbocycles. The van der Waals surface area contributed by atoms with Gasteiger partial charge in [-0.15, -0.1) is 0 Å². The van der Waals surface area contributed by atoms with Gasteiger partial charge in [0.15, 0.2) is 23.9 Å². The van der Waals surface area contributed by atoms with E-state index >= 15 is 0 Å². The van der Waals surface area contributed by atoms with Crippen LogP contribution in [0.15, 0.2) is 18.5 Å². The molecule has 0 amide bonds. The van der Waals surface area contributed by atoms with Gasteiger partial charge >= 0.3 is 5.97 Å². The van der Waals surface area contributed by atoms with Crippen LogP contribution in [0.2, 0.25) is 5.28 Å². The summed E-state index contributed by atoms with van der Waals surface area (Å²) >= 11 is 5.87. The predicted molar refractivity (Wildman–Crippen MR) is 150 cm³/mol. The first kappa shape index (κ1) is 31.2. The Labute approximate surface area is 235 Å². The number of fused-ring (bicyclic) bond motifs is 1. The van der Waals surface area contributed by atoms with Crippen LogP contribution in [0.4, 0.5) is 10.2 Å². The van der Waals surface area contributed by atoms with Gasteiger partial charge in [0, 0.05) is 6.42 Å². The zero-order valence-corrected chi connectivity index (χ0v) is 23.7. The van der Waals surface area contributed by atoms with Gasteiger partial charge in [0.25, 0.3) is 0 Å². The van der Waals surface area contributed by atoms with Crippen LogP contribution in [-0.2, 0) is 14.3 Å². The van der Waals surface area contributed by atoms with E-state index in [1.807, 2.05) is 0 Å². The van der Waals surface area contributed by atoms with Gasteiger partial charge < -0.3 is 20.3 Å². The maximum Gasteiger partial charge on any atom is 0.305 e. The number of nitrogen functional groups attached to an aromatic ring is 1. The number of alkyl halides is 1. The quantitative estimate of drug-likeness (QED) is 0.0938. The number of ether oxygens (including phenoxy) is 2. The predicted octanol–water partition coefficient (Wildman–Crippen LogP) is 6.24. The Balaban J connectivity index is 1.26. The highest BCUT2D eigenvalue weighted by molar-refractivity contribution is 6.28. The number of carbonyl (C=O) groups is 1. The highest BCUT2D eigenvalue weighted by Gasteiger charge is 2.46. The molecule has 2 aromatic rings. The summed E-state index contributed by atoms with van der Waals surface area (Å²) in [6.07, 6.45) is 16.1. The van der Waals surface area contributed by atoms with Crippen molar-refractivity contribution in [3.05, 3.63) is 23.8 Å². The number of allylic oxidation sites excluding steroid dienone is 2. The van der Waals surface area contributed by atoms with Gasteiger partial charge in [0.2, 0.25) is 5.28 Å². The van der Waals surface area contributed by atoms with Gasteiger partial charge in [0.05, 0.1) is 6.33 Å². The molecule has 1 fully saturated rings. The van der Waals surface area contributed by atoms with Crippen LogP contribution in [-0.4, -0.2) is 55.6 Å². The minimum Gasteiger partial charge on any atom is -0.463 e. The first-order valence-electron chi connectivity index (χ1n) is 14.4. The molecule has 0 aliphatic carbocycles. The number of hydrogen-bond donors (Lipinski definition) is 2. The Morgan fingerprint density at radius 3 is 2.44 bits per heavy atom. The number of anilines is 1. The second-order valence-electron chi connectivity index (χ2n) is 10.2. The lowest BCUT2D eigenvalue weighted by Crippen LogP contribution is -2.32. The molecule has 0 unspecified atom stereocenters. The largest absolute Gasteiger partial charge is 0.463 e. The second kappa shape index (κ2) is 16.7. The molecule has 1 saturated heterocycles. The highest BCUT2D eigenvalue weighted by Crippen LogP contribution is 2.34. The van der Waals surface area contributed by atoms with E-state index in [0.29, 0.717) is 6.42 Å². The van der Waals surface area contributed by atoms with E-state index in [9.17, 15) is 14.3 Å². The molecule has 39 heavy (non-hydrogen) atoms. The number of halogens is 2. The normalized spacial score (nSPS) is 21.3. The van der Waals surface area contributed by atoms with Crippen LogP contribution in [0.3, 0.4) is 0 Å². The van der Waals surface area contributed by atoms with Crippen LogP contribution in [0, 0.1) is 0 Å². The third-order valence-electron chi connectivity index (χ3n) is 7.04. The summed E-state index contributed by atoms with van der Waals surface area (Å²) in [5, 5.41) is 10.2. The smallest absolute Gasteiger partial charge is 0.305 e. The topological polar surface area (TPSA) is 125 Å². The van der Waals surface area contributed by atoms with Crippen LogP contribution in [0.1, 0.15) is 103 Å². The maximum absolute atomic E-state index is 14.9. The maximum atomic E-state index is 14.9. The lowest BCUT2D eigenvalue weighted by Gasteiger charge is -2.15. The Morgan fingerprint density at radius 2 is 1.74 bits per heavy atom. The summed E-state index contributed by atoms with van der Waals surface area (Å²) in [6.45, 7) is 2.00. The Hall–Kier alpha value is -2.30. The molecule has 3 N–H and O–H groups in total. The molecule has 11 heteroatoms. The van der Waals surface area contributed by atoms with E-state index in [1.54, 1.807) is 0 Å². The van der Waals surface area contributed by atoms with Gasteiger partial charge in [0.1, 0.15) is 24.3 Å². The summed E-state index contributed by atoms with van der Waals surface area (Å²) in [5.41, 5.74) is 6.23. The summed E-state index contributed by atoms with van der Waals surface area (Å²) in [6, 6.07) is 0. The van der Waals surface area contributed by atoms with Crippen molar-refractivity contribution >= 4 is 34.6 Å². The molecule has 2 aromatic heterocycles. The summed E-state index contributed by atoms with van der Waals surface area (Å²) < 4.78 is 27.1. The van der Waals surface area contributed by atoms with Crippen LogP contribution in [0.5, 0.6) is 0 Å². The van der Waals surface area contributed by atoms with Gasteiger partial charge in [-0.1, -0.05) is 70.4 Å². The first-order valence-corrected chi connectivity index (χ1v) is 14.7. The van der Waals surface area contributed by atoms with E-state index in [2.05, 4.69) is 34.0 Å². The fourth-order valence-corrected chi connectivity index (χ4v) is 4.92. The van der Waals surface area contributed by atoms with E-state index < -0.39 is 30.6 Å². The number of aliphatic hydroxyl groups is 1. The van der Waals surface area contributed by atoms with E-state index in [1.165, 1.54) is 68.7 Å². The number of esters is 1. The number of aromatic nitrogens is 4. The summed E-state index contributed by atoms with van der Waals surface area (Å²) in [5.74, 6) is -0.346. The first-order chi connectivity index (χ1) is 18.9. The summed E-state index contributed by atoms with van der Waals surface area (Å²) in [4.78, 5) is 24.1. The number of rotatable bonds is 18. The Kier molecular flexibility index (Phi) is 13.4. The van der Waals surface area contributed by atoms with Gasteiger partial charge in [-0.05, 0) is 43.7 Å². The number of nitrogens with zero attached hydrogens (tertiary/aromatic N) is 4. The molecule has 0 bridgehead atoms. The molecule has 0 aromatic carbocycles. The van der Waals surface area contributed by atoms with Crippen molar-refractivity contribution < 1.29 is 23.8 Å². The zero-order valence-electron chi connectivity index (χ0n) is 22.9. The monoisotopic (exact) mass is 567 g/mol. The molecular formula is C28H43ClFN5O4. The molecule has 3 heterocycles. The highest BCUT2D eigenvalue weighted by atomic mass is 35.5. The zero-order chi connectivity index (χ0) is 28.0. The Morgan fingerprint density at radius 1 is 1.10 bits per heavy atom. The average Bonchev–Trinajstić information content (AvgIpc) is 3.45. The molecule has 1 aliphatic heterocycles. The fraction of sp³-hybridized carbons (Fsp3) is 0.714. The van der Waals surface area contributed by atoms with Crippen molar-refractivity contribution in [2.75, 3.05) is 12.3 Å². The molecule has 0 radical (unpaired) electrons. The van der Waals surface area contributed by atoms with Crippen molar-refractivity contribution in [1.29, 1.82) is 0 Å². The third-order valence-corrected chi connectivity index (χ3v) is 7.21. The van der Waals surface area contributed by atoms with Crippen molar-refractivity contribution in [2.24, 2.45) is 0 Å². The summed E-state index contributed by atoms with van der Waals surface area (Å²) in [7, 11) is 0. The molecule has 3 rings (SSSR count). The van der Waals surface area contributed by atoms with Crippen molar-refractivity contribution in [1.82, 2.24) is 19.5 Å². The number of hydrogen-bond acceptors (Lipinski definition) is 8. The third kappa shape index (κ3) is 9.69. The number of imidazole rings is 1. The van der Waals surface area contributed by atoms with E-state index in [0.717, 1.165) is 19.3 Å². The minimum absolute atomic E-state index is 0.0532. The lowest BCUT2D eigenvalue weighted by molar-refractivity contribution is -0.150. The molecule has 4 atom stereocenters. The Bertz CT molecular complexity index is 1050. The van der Waals surface area contributed by atoms with Crippen LogP contribution >= 0.6 is 11.6 Å². The SMILES string of the molecule is CCCCCCCCCCC/C=C\CCCCC(=O)OC[C@H]1O[C@@H](n2cnc3c(N)nc(Cl)nc32)[C@@H](F)[C@@H]1O. The van der Waals surface area contributed by atoms with Gasteiger partial charge in [-0.3, -0.25) is 9.36 Å². The molecule has 0 spiro atoms. The van der Waals surface area contributed by atoms with Crippen LogP contribution in [0.25, 0.3) is 11.2 Å². The van der Waals surface area contributed by atoms with Crippen LogP contribution < -0.4 is 5.73 Å². The number of nitrogens with two attached hydrogens (primary N) is 1. The number of unbranched alkanes of at least 4 members (excludes halogenated alkanes) is 11.